The van der Waals surface area contributed by atoms with Gasteiger partial charge in [-0.3, -0.25) is 0 Å². The molecule has 0 fully saturated rings. The molecule has 1 aromatic carbocycles. The summed E-state index contributed by atoms with van der Waals surface area (Å²) in [7, 11) is 0. The smallest absolute Gasteiger partial charge is 0.349 e. The van der Waals surface area contributed by atoms with Gasteiger partial charge in [-0.1, -0.05) is 12.1 Å². The minimum absolute atomic E-state index is 0.469. The van der Waals surface area contributed by atoms with Crippen LogP contribution < -0.4 is 0 Å². The zero-order valence-electron chi connectivity index (χ0n) is 11.8. The van der Waals surface area contributed by atoms with Crippen molar-refractivity contribution in [3.05, 3.63) is 41.0 Å². The third-order valence-corrected chi connectivity index (χ3v) is 2.53. The average molecular weight is 288 g/mol. The van der Waals surface area contributed by atoms with E-state index in [1.165, 1.54) is 0 Å². The molecule has 112 valence electrons. The van der Waals surface area contributed by atoms with Crippen molar-refractivity contribution in [1.29, 1.82) is 0 Å². The van der Waals surface area contributed by atoms with Crippen molar-refractivity contribution in [2.45, 2.75) is 33.2 Å². The normalized spacial score (nSPS) is 12.6. The fourth-order valence-corrected chi connectivity index (χ4v) is 1.75. The first-order valence-electron chi connectivity index (χ1n) is 6.47. The molecule has 0 aliphatic carbocycles. The first-order valence-corrected chi connectivity index (χ1v) is 6.47. The lowest BCUT2D eigenvalue weighted by molar-refractivity contribution is -0.137. The molecule has 20 heavy (non-hydrogen) atoms. The predicted molar refractivity (Wildman–Crippen MR) is 72.3 cm³/mol. The molecule has 5 heteroatoms. The number of benzene rings is 1. The summed E-state index contributed by atoms with van der Waals surface area (Å²) >= 11 is 0. The molecule has 0 N–H and O–H groups in total. The number of rotatable bonds is 6. The molecule has 0 heterocycles. The third kappa shape index (κ3) is 5.35. The fraction of sp³-hybridized carbons (Fsp3) is 0.467. The van der Waals surface area contributed by atoms with Gasteiger partial charge >= 0.3 is 6.18 Å². The quantitative estimate of drug-likeness (QED) is 0.721. The summed E-state index contributed by atoms with van der Waals surface area (Å²) in [6.07, 6.45) is -1.69. The van der Waals surface area contributed by atoms with Crippen LogP contribution in [0.4, 0.5) is 13.2 Å². The van der Waals surface area contributed by atoms with Gasteiger partial charge in [0.15, 0.2) is 6.29 Å². The second-order valence-corrected chi connectivity index (χ2v) is 4.27. The summed E-state index contributed by atoms with van der Waals surface area (Å²) in [5.41, 5.74) is 0.382. The number of ether oxygens (including phenoxy) is 2. The molecule has 0 bridgehead atoms. The van der Waals surface area contributed by atoms with E-state index in [0.717, 1.165) is 12.1 Å². The first-order chi connectivity index (χ1) is 9.36. The van der Waals surface area contributed by atoms with E-state index in [-0.39, 0.29) is 0 Å². The lowest BCUT2D eigenvalue weighted by atomic mass is 10.1. The Morgan fingerprint density at radius 2 is 1.70 bits per heavy atom. The molecule has 0 saturated heterocycles. The highest BCUT2D eigenvalue weighted by molar-refractivity contribution is 5.52. The van der Waals surface area contributed by atoms with Crippen LogP contribution in [0.2, 0.25) is 0 Å². The topological polar surface area (TPSA) is 18.5 Å². The Morgan fingerprint density at radius 3 is 2.20 bits per heavy atom. The maximum absolute atomic E-state index is 12.7. The number of alkyl halides is 3. The molecule has 0 amide bonds. The summed E-state index contributed by atoms with van der Waals surface area (Å²) in [6.45, 7) is 6.23. The van der Waals surface area contributed by atoms with Crippen LogP contribution in [0.25, 0.3) is 6.08 Å². The van der Waals surface area contributed by atoms with Crippen LogP contribution in [0.15, 0.2) is 24.3 Å². The van der Waals surface area contributed by atoms with Gasteiger partial charge in [-0.15, -0.1) is 0 Å². The molecular formula is C15H19F3O2. The minimum atomic E-state index is -4.34. The van der Waals surface area contributed by atoms with E-state index in [1.807, 2.05) is 13.8 Å². The van der Waals surface area contributed by atoms with Crippen LogP contribution in [0, 0.1) is 6.92 Å². The van der Waals surface area contributed by atoms with Crippen molar-refractivity contribution in [3.8, 4) is 0 Å². The van der Waals surface area contributed by atoms with Gasteiger partial charge in [-0.2, -0.15) is 13.2 Å². The van der Waals surface area contributed by atoms with E-state index in [9.17, 15) is 13.2 Å². The van der Waals surface area contributed by atoms with Gasteiger partial charge in [0, 0.05) is 13.2 Å². The summed E-state index contributed by atoms with van der Waals surface area (Å²) < 4.78 is 48.7. The molecule has 1 aromatic rings. The molecule has 0 aromatic heterocycles. The highest BCUT2D eigenvalue weighted by Crippen LogP contribution is 2.30. The fourth-order valence-electron chi connectivity index (χ4n) is 1.75. The molecular weight excluding hydrogens is 269 g/mol. The van der Waals surface area contributed by atoms with Crippen LogP contribution in [-0.4, -0.2) is 19.5 Å². The van der Waals surface area contributed by atoms with Gasteiger partial charge in [-0.05, 0) is 50.1 Å². The molecule has 0 atom stereocenters. The van der Waals surface area contributed by atoms with Crippen molar-refractivity contribution in [3.63, 3.8) is 0 Å². The monoisotopic (exact) mass is 288 g/mol. The number of hydrogen-bond acceptors (Lipinski definition) is 2. The second-order valence-electron chi connectivity index (χ2n) is 4.27. The maximum Gasteiger partial charge on any atom is 0.416 e. The molecule has 1 rings (SSSR count). The SMILES string of the molecule is CCOC(/C=C/c1cc(C)cc(C(F)(F)F)c1)OCC. The van der Waals surface area contributed by atoms with E-state index in [1.54, 1.807) is 25.1 Å². The van der Waals surface area contributed by atoms with E-state index >= 15 is 0 Å². The second kappa shape index (κ2) is 7.45. The van der Waals surface area contributed by atoms with Crippen molar-refractivity contribution >= 4 is 6.08 Å². The van der Waals surface area contributed by atoms with E-state index in [2.05, 4.69) is 0 Å². The first kappa shape index (κ1) is 16.7. The summed E-state index contributed by atoms with van der Waals surface area (Å²) in [6, 6.07) is 3.92. The Hall–Kier alpha value is -1.33. The summed E-state index contributed by atoms with van der Waals surface area (Å²) in [5.74, 6) is 0. The summed E-state index contributed by atoms with van der Waals surface area (Å²) in [5, 5.41) is 0. The van der Waals surface area contributed by atoms with Crippen LogP contribution >= 0.6 is 0 Å². The van der Waals surface area contributed by atoms with Crippen LogP contribution in [0.3, 0.4) is 0 Å². The average Bonchev–Trinajstić information content (AvgIpc) is 2.35. The molecule has 0 spiro atoms. The largest absolute Gasteiger partial charge is 0.416 e. The molecule has 0 aliphatic rings. The van der Waals surface area contributed by atoms with Crippen molar-refractivity contribution in [2.24, 2.45) is 0 Å². The molecule has 0 unspecified atom stereocenters. The molecule has 0 aliphatic heterocycles. The highest BCUT2D eigenvalue weighted by Gasteiger charge is 2.30. The standard InChI is InChI=1S/C15H19F3O2/c1-4-19-14(20-5-2)7-6-12-8-11(3)9-13(10-12)15(16,17)18/h6-10,14H,4-5H2,1-3H3/b7-6+. The zero-order valence-corrected chi connectivity index (χ0v) is 11.8. The van der Waals surface area contributed by atoms with E-state index in [4.69, 9.17) is 9.47 Å². The van der Waals surface area contributed by atoms with Gasteiger partial charge in [0.25, 0.3) is 0 Å². The van der Waals surface area contributed by atoms with E-state index < -0.39 is 18.0 Å². The number of aryl methyl sites for hydroxylation is 1. The van der Waals surface area contributed by atoms with Crippen molar-refractivity contribution < 1.29 is 22.6 Å². The Bertz CT molecular complexity index is 447. The Balaban J connectivity index is 2.93. The summed E-state index contributed by atoms with van der Waals surface area (Å²) in [4.78, 5) is 0. The zero-order chi connectivity index (χ0) is 15.2. The number of hydrogen-bond donors (Lipinski definition) is 0. The number of halogens is 3. The van der Waals surface area contributed by atoms with Crippen molar-refractivity contribution in [2.75, 3.05) is 13.2 Å². The Labute approximate surface area is 117 Å². The Morgan fingerprint density at radius 1 is 1.10 bits per heavy atom. The molecule has 0 radical (unpaired) electrons. The Kier molecular flexibility index (Phi) is 6.23. The van der Waals surface area contributed by atoms with Gasteiger partial charge < -0.3 is 9.47 Å². The predicted octanol–water partition coefficient (Wildman–Crippen LogP) is 4.43. The third-order valence-electron chi connectivity index (χ3n) is 2.53. The van der Waals surface area contributed by atoms with Crippen LogP contribution in [-0.2, 0) is 15.7 Å². The molecule has 0 saturated carbocycles. The van der Waals surface area contributed by atoms with Crippen LogP contribution in [0.5, 0.6) is 0 Å². The van der Waals surface area contributed by atoms with Gasteiger partial charge in [0.05, 0.1) is 5.56 Å². The minimum Gasteiger partial charge on any atom is -0.349 e. The van der Waals surface area contributed by atoms with E-state index in [0.29, 0.717) is 24.3 Å². The lowest BCUT2D eigenvalue weighted by Crippen LogP contribution is -2.14. The van der Waals surface area contributed by atoms with Gasteiger partial charge in [-0.25, -0.2) is 0 Å². The van der Waals surface area contributed by atoms with Crippen LogP contribution in [0.1, 0.15) is 30.5 Å². The van der Waals surface area contributed by atoms with Gasteiger partial charge in [0.1, 0.15) is 0 Å². The highest BCUT2D eigenvalue weighted by atomic mass is 19.4. The molecule has 2 nitrogen and oxygen atoms in total. The maximum atomic E-state index is 12.7. The lowest BCUT2D eigenvalue weighted by Gasteiger charge is -2.13. The van der Waals surface area contributed by atoms with Gasteiger partial charge in [0.2, 0.25) is 0 Å². The van der Waals surface area contributed by atoms with Crippen molar-refractivity contribution in [1.82, 2.24) is 0 Å².